The third-order valence-electron chi connectivity index (χ3n) is 4.33. The van der Waals surface area contributed by atoms with Crippen LogP contribution in [-0.2, 0) is 24.3 Å². The van der Waals surface area contributed by atoms with Gasteiger partial charge in [0.2, 0.25) is 5.91 Å². The fourth-order valence-electron chi connectivity index (χ4n) is 2.95. The Labute approximate surface area is 136 Å². The molecule has 0 saturated heterocycles. The molecule has 3 nitrogen and oxygen atoms in total. The van der Waals surface area contributed by atoms with Gasteiger partial charge in [0.25, 0.3) is 0 Å². The van der Waals surface area contributed by atoms with Crippen LogP contribution in [0.15, 0.2) is 48.5 Å². The summed E-state index contributed by atoms with van der Waals surface area (Å²) in [5.41, 5.74) is 3.63. The van der Waals surface area contributed by atoms with E-state index in [1.807, 2.05) is 6.07 Å². The van der Waals surface area contributed by atoms with Crippen LogP contribution >= 0.6 is 0 Å². The lowest BCUT2D eigenvalue weighted by atomic mass is 10.00. The van der Waals surface area contributed by atoms with Gasteiger partial charge in [-0.15, -0.1) is 0 Å². The maximum Gasteiger partial charge on any atom is 0.236 e. The van der Waals surface area contributed by atoms with E-state index >= 15 is 0 Å². The fourth-order valence-corrected chi connectivity index (χ4v) is 2.95. The Bertz CT molecular complexity index is 684. The van der Waals surface area contributed by atoms with Crippen molar-refractivity contribution in [1.82, 2.24) is 9.80 Å². The SMILES string of the molecule is CN(Cc1ccc(F)cc1)C(=O)CN1CCc2ccccc2C1. The van der Waals surface area contributed by atoms with E-state index in [0.29, 0.717) is 13.1 Å². The molecule has 0 spiro atoms. The van der Waals surface area contributed by atoms with Crippen LogP contribution in [0, 0.1) is 5.82 Å². The van der Waals surface area contributed by atoms with Gasteiger partial charge in [0.1, 0.15) is 5.82 Å². The fraction of sp³-hybridized carbons (Fsp3) is 0.316. The lowest BCUT2D eigenvalue weighted by molar-refractivity contribution is -0.131. The predicted octanol–water partition coefficient (Wildman–Crippen LogP) is 2.84. The van der Waals surface area contributed by atoms with Crippen molar-refractivity contribution in [2.45, 2.75) is 19.5 Å². The average Bonchev–Trinajstić information content (AvgIpc) is 2.56. The highest BCUT2D eigenvalue weighted by molar-refractivity contribution is 5.78. The molecule has 0 bridgehead atoms. The van der Waals surface area contributed by atoms with Crippen LogP contribution < -0.4 is 0 Å². The second-order valence-electron chi connectivity index (χ2n) is 6.11. The molecule has 2 aromatic carbocycles. The molecule has 0 N–H and O–H groups in total. The van der Waals surface area contributed by atoms with E-state index in [0.717, 1.165) is 25.1 Å². The van der Waals surface area contributed by atoms with E-state index < -0.39 is 0 Å². The Morgan fingerprint density at radius 2 is 1.83 bits per heavy atom. The molecule has 0 saturated carbocycles. The molecule has 23 heavy (non-hydrogen) atoms. The number of benzene rings is 2. The summed E-state index contributed by atoms with van der Waals surface area (Å²) >= 11 is 0. The van der Waals surface area contributed by atoms with Crippen LogP contribution in [-0.4, -0.2) is 35.8 Å². The molecule has 1 aliphatic heterocycles. The summed E-state index contributed by atoms with van der Waals surface area (Å²) in [5, 5.41) is 0. The van der Waals surface area contributed by atoms with Crippen molar-refractivity contribution in [3.05, 3.63) is 71.0 Å². The second-order valence-corrected chi connectivity index (χ2v) is 6.11. The van der Waals surface area contributed by atoms with E-state index in [2.05, 4.69) is 23.1 Å². The summed E-state index contributed by atoms with van der Waals surface area (Å²) in [5.74, 6) is -0.164. The van der Waals surface area contributed by atoms with Gasteiger partial charge in [-0.05, 0) is 35.2 Å². The highest BCUT2D eigenvalue weighted by atomic mass is 19.1. The first-order valence-electron chi connectivity index (χ1n) is 7.89. The molecule has 2 aromatic rings. The Hall–Kier alpha value is -2.20. The Balaban J connectivity index is 1.56. The normalized spacial score (nSPS) is 14.3. The molecule has 3 rings (SSSR count). The van der Waals surface area contributed by atoms with Gasteiger partial charge in [-0.2, -0.15) is 0 Å². The van der Waals surface area contributed by atoms with E-state index in [4.69, 9.17) is 0 Å². The third kappa shape index (κ3) is 3.96. The molecule has 4 heteroatoms. The summed E-state index contributed by atoms with van der Waals surface area (Å²) in [4.78, 5) is 16.3. The highest BCUT2D eigenvalue weighted by Crippen LogP contribution is 2.18. The van der Waals surface area contributed by atoms with Gasteiger partial charge < -0.3 is 4.90 Å². The zero-order chi connectivity index (χ0) is 16.2. The Morgan fingerprint density at radius 1 is 1.13 bits per heavy atom. The Kier molecular flexibility index (Phi) is 4.72. The van der Waals surface area contributed by atoms with E-state index in [1.54, 1.807) is 24.1 Å². The summed E-state index contributed by atoms with van der Waals surface area (Å²) in [6.45, 7) is 2.66. The van der Waals surface area contributed by atoms with Crippen molar-refractivity contribution in [1.29, 1.82) is 0 Å². The van der Waals surface area contributed by atoms with Crippen molar-refractivity contribution in [2.24, 2.45) is 0 Å². The van der Waals surface area contributed by atoms with Gasteiger partial charge in [-0.25, -0.2) is 4.39 Å². The topological polar surface area (TPSA) is 23.6 Å². The minimum absolute atomic E-state index is 0.0914. The smallest absolute Gasteiger partial charge is 0.236 e. The lowest BCUT2D eigenvalue weighted by Crippen LogP contribution is -2.40. The van der Waals surface area contributed by atoms with Crippen LogP contribution in [0.2, 0.25) is 0 Å². The van der Waals surface area contributed by atoms with Crippen LogP contribution in [0.4, 0.5) is 4.39 Å². The van der Waals surface area contributed by atoms with Crippen LogP contribution in [0.5, 0.6) is 0 Å². The molecule has 1 aliphatic rings. The minimum atomic E-state index is -0.255. The molecular weight excluding hydrogens is 291 g/mol. The first-order valence-corrected chi connectivity index (χ1v) is 7.89. The Morgan fingerprint density at radius 3 is 2.57 bits per heavy atom. The molecule has 1 amide bonds. The van der Waals surface area contributed by atoms with Gasteiger partial charge in [-0.3, -0.25) is 9.69 Å². The van der Waals surface area contributed by atoms with Gasteiger partial charge in [0.05, 0.1) is 6.54 Å². The summed E-state index contributed by atoms with van der Waals surface area (Å²) in [6, 6.07) is 14.7. The van der Waals surface area contributed by atoms with E-state index in [-0.39, 0.29) is 11.7 Å². The molecule has 0 aliphatic carbocycles. The van der Waals surface area contributed by atoms with E-state index in [1.165, 1.54) is 23.3 Å². The van der Waals surface area contributed by atoms with Crippen LogP contribution in [0.25, 0.3) is 0 Å². The number of amides is 1. The molecule has 120 valence electrons. The number of halogens is 1. The third-order valence-corrected chi connectivity index (χ3v) is 4.33. The molecule has 0 fully saturated rings. The number of carbonyl (C=O) groups excluding carboxylic acids is 1. The summed E-state index contributed by atoms with van der Waals surface area (Å²) in [7, 11) is 1.80. The number of fused-ring (bicyclic) bond motifs is 1. The van der Waals surface area contributed by atoms with Crippen molar-refractivity contribution < 1.29 is 9.18 Å². The standard InChI is InChI=1S/C19H21FN2O/c1-21(12-15-6-8-18(20)9-7-15)19(23)14-22-11-10-16-4-2-3-5-17(16)13-22/h2-9H,10-14H2,1H3. The van der Waals surface area contributed by atoms with Crippen molar-refractivity contribution >= 4 is 5.91 Å². The van der Waals surface area contributed by atoms with Gasteiger partial charge in [0, 0.05) is 26.7 Å². The number of nitrogens with zero attached hydrogens (tertiary/aromatic N) is 2. The first-order chi connectivity index (χ1) is 11.1. The molecule has 0 unspecified atom stereocenters. The van der Waals surface area contributed by atoms with E-state index in [9.17, 15) is 9.18 Å². The first kappa shape index (κ1) is 15.7. The monoisotopic (exact) mass is 312 g/mol. The van der Waals surface area contributed by atoms with Gasteiger partial charge in [0.15, 0.2) is 0 Å². The molecule has 0 radical (unpaired) electrons. The molecule has 0 atom stereocenters. The maximum atomic E-state index is 12.9. The largest absolute Gasteiger partial charge is 0.340 e. The lowest BCUT2D eigenvalue weighted by Gasteiger charge is -2.29. The number of likely N-dealkylation sites (N-methyl/N-ethyl adjacent to an activating group) is 1. The number of hydrogen-bond acceptors (Lipinski definition) is 2. The minimum Gasteiger partial charge on any atom is -0.340 e. The van der Waals surface area contributed by atoms with Crippen molar-refractivity contribution in [3.8, 4) is 0 Å². The zero-order valence-corrected chi connectivity index (χ0v) is 13.3. The predicted molar refractivity (Wildman–Crippen MR) is 88.3 cm³/mol. The summed E-state index contributed by atoms with van der Waals surface area (Å²) in [6.07, 6.45) is 0.991. The highest BCUT2D eigenvalue weighted by Gasteiger charge is 2.19. The van der Waals surface area contributed by atoms with Gasteiger partial charge in [-0.1, -0.05) is 36.4 Å². The number of carbonyl (C=O) groups is 1. The number of rotatable bonds is 4. The maximum absolute atomic E-state index is 12.9. The average molecular weight is 312 g/mol. The van der Waals surface area contributed by atoms with Gasteiger partial charge >= 0.3 is 0 Å². The summed E-state index contributed by atoms with van der Waals surface area (Å²) < 4.78 is 12.9. The second kappa shape index (κ2) is 6.92. The quantitative estimate of drug-likeness (QED) is 0.867. The van der Waals surface area contributed by atoms with Crippen LogP contribution in [0.3, 0.4) is 0 Å². The van der Waals surface area contributed by atoms with Crippen LogP contribution in [0.1, 0.15) is 16.7 Å². The molecular formula is C19H21FN2O. The van der Waals surface area contributed by atoms with Crippen molar-refractivity contribution in [2.75, 3.05) is 20.1 Å². The van der Waals surface area contributed by atoms with Crippen molar-refractivity contribution in [3.63, 3.8) is 0 Å². The molecule has 0 aromatic heterocycles. The zero-order valence-electron chi connectivity index (χ0n) is 13.3. The molecule has 1 heterocycles. The number of hydrogen-bond donors (Lipinski definition) is 0.